The summed E-state index contributed by atoms with van der Waals surface area (Å²) in [5.41, 5.74) is 1.51. The van der Waals surface area contributed by atoms with Gasteiger partial charge in [-0.3, -0.25) is 10.1 Å². The van der Waals surface area contributed by atoms with E-state index in [1.165, 1.54) is 12.1 Å². The van der Waals surface area contributed by atoms with E-state index in [4.69, 9.17) is 0 Å². The molecule has 0 amide bonds. The Balaban J connectivity index is 2.45. The maximum atomic E-state index is 10.6. The maximum Gasteiger partial charge on any atom is 0.271 e. The average molecular weight is 234 g/mol. The molecular formula is C11H14N4O2. The predicted molar refractivity (Wildman–Crippen MR) is 63.6 cm³/mol. The van der Waals surface area contributed by atoms with Crippen LogP contribution in [0.5, 0.6) is 0 Å². The molecule has 1 heterocycles. The molecule has 1 aromatic heterocycles. The molecule has 0 atom stereocenters. The summed E-state index contributed by atoms with van der Waals surface area (Å²) in [6, 6.07) is 4.62. The second-order valence-corrected chi connectivity index (χ2v) is 5.24. The van der Waals surface area contributed by atoms with E-state index in [0.717, 1.165) is 12.1 Å². The molecule has 0 radical (unpaired) electrons. The zero-order valence-corrected chi connectivity index (χ0v) is 10.0. The van der Waals surface area contributed by atoms with Crippen molar-refractivity contribution in [1.29, 1.82) is 0 Å². The largest absolute Gasteiger partial charge is 0.271 e. The van der Waals surface area contributed by atoms with Crippen LogP contribution in [0.15, 0.2) is 18.2 Å². The minimum Gasteiger partial charge on any atom is -0.258 e. The second kappa shape index (κ2) is 3.80. The van der Waals surface area contributed by atoms with Crippen LogP contribution >= 0.6 is 0 Å². The van der Waals surface area contributed by atoms with Gasteiger partial charge in [-0.2, -0.15) is 0 Å². The topological polar surface area (TPSA) is 73.8 Å². The van der Waals surface area contributed by atoms with Gasteiger partial charge in [-0.1, -0.05) is 26.0 Å². The lowest BCUT2D eigenvalue weighted by Gasteiger charge is -2.17. The highest BCUT2D eigenvalue weighted by Gasteiger charge is 2.16. The van der Waals surface area contributed by atoms with Crippen LogP contribution in [0.3, 0.4) is 0 Å². The molecule has 0 aliphatic rings. The molecule has 0 aliphatic carbocycles. The molecule has 0 unspecified atom stereocenters. The third-order valence-corrected chi connectivity index (χ3v) is 2.33. The van der Waals surface area contributed by atoms with Gasteiger partial charge < -0.3 is 0 Å². The number of aromatic nitrogens is 3. The molecule has 2 rings (SSSR count). The van der Waals surface area contributed by atoms with Gasteiger partial charge in [0.25, 0.3) is 5.69 Å². The molecule has 6 nitrogen and oxygen atoms in total. The lowest BCUT2D eigenvalue weighted by molar-refractivity contribution is -0.384. The summed E-state index contributed by atoms with van der Waals surface area (Å²) in [7, 11) is 0. The molecule has 0 N–H and O–H groups in total. The van der Waals surface area contributed by atoms with E-state index in [0.29, 0.717) is 5.52 Å². The van der Waals surface area contributed by atoms with Crippen LogP contribution in [-0.2, 0) is 6.54 Å². The molecule has 0 spiro atoms. The maximum absolute atomic E-state index is 10.6. The van der Waals surface area contributed by atoms with Gasteiger partial charge in [-0.25, -0.2) is 4.68 Å². The fourth-order valence-electron chi connectivity index (χ4n) is 1.64. The van der Waals surface area contributed by atoms with Gasteiger partial charge in [-0.05, 0) is 11.5 Å². The van der Waals surface area contributed by atoms with E-state index in [1.807, 2.05) is 0 Å². The summed E-state index contributed by atoms with van der Waals surface area (Å²) in [6.07, 6.45) is 0. The highest BCUT2D eigenvalue weighted by atomic mass is 16.6. The normalized spacial score (nSPS) is 11.9. The fraction of sp³-hybridized carbons (Fsp3) is 0.455. The standard InChI is InChI=1S/C11H14N4O2/c1-11(2,3)7-14-10-5-4-8(15(16)17)6-9(10)12-13-14/h4-6H,7H2,1-3H3. The summed E-state index contributed by atoms with van der Waals surface area (Å²) in [5, 5.41) is 18.6. The van der Waals surface area contributed by atoms with E-state index in [9.17, 15) is 10.1 Å². The first-order valence-corrected chi connectivity index (χ1v) is 5.34. The van der Waals surface area contributed by atoms with Crippen LogP contribution in [0, 0.1) is 15.5 Å². The Morgan fingerprint density at radius 3 is 2.71 bits per heavy atom. The van der Waals surface area contributed by atoms with Crippen LogP contribution in [0.25, 0.3) is 11.0 Å². The molecule has 6 heteroatoms. The number of nitro groups is 1. The van der Waals surface area contributed by atoms with Gasteiger partial charge in [0.15, 0.2) is 0 Å². The van der Waals surface area contributed by atoms with Crippen molar-refractivity contribution < 1.29 is 4.92 Å². The monoisotopic (exact) mass is 234 g/mol. The number of hydrogen-bond acceptors (Lipinski definition) is 4. The first-order valence-electron chi connectivity index (χ1n) is 5.34. The Morgan fingerprint density at radius 2 is 2.12 bits per heavy atom. The summed E-state index contributed by atoms with van der Waals surface area (Å²) >= 11 is 0. The SMILES string of the molecule is CC(C)(C)Cn1nnc2cc([N+](=O)[O-])ccc21. The average Bonchev–Trinajstić information content (AvgIpc) is 2.58. The van der Waals surface area contributed by atoms with Crippen molar-refractivity contribution in [2.75, 3.05) is 0 Å². The number of nitrogens with zero attached hydrogens (tertiary/aromatic N) is 4. The first kappa shape index (κ1) is 11.5. The highest BCUT2D eigenvalue weighted by molar-refractivity contribution is 5.76. The van der Waals surface area contributed by atoms with Crippen LogP contribution < -0.4 is 0 Å². The minimum absolute atomic E-state index is 0.0420. The molecule has 17 heavy (non-hydrogen) atoms. The van der Waals surface area contributed by atoms with Crippen molar-refractivity contribution in [2.24, 2.45) is 5.41 Å². The van der Waals surface area contributed by atoms with E-state index in [2.05, 4.69) is 31.1 Å². The van der Waals surface area contributed by atoms with Crippen molar-refractivity contribution in [2.45, 2.75) is 27.3 Å². The number of non-ortho nitro benzene ring substituents is 1. The molecule has 0 saturated heterocycles. The second-order valence-electron chi connectivity index (χ2n) is 5.24. The number of rotatable bonds is 2. The minimum atomic E-state index is -0.428. The quantitative estimate of drug-likeness (QED) is 0.590. The molecule has 90 valence electrons. The van der Waals surface area contributed by atoms with Gasteiger partial charge in [0, 0.05) is 18.7 Å². The first-order chi connectivity index (χ1) is 7.87. The third kappa shape index (κ3) is 2.41. The lowest BCUT2D eigenvalue weighted by Crippen LogP contribution is -2.16. The molecular weight excluding hydrogens is 220 g/mol. The number of fused-ring (bicyclic) bond motifs is 1. The van der Waals surface area contributed by atoms with E-state index >= 15 is 0 Å². The van der Waals surface area contributed by atoms with Crippen molar-refractivity contribution in [1.82, 2.24) is 15.0 Å². The zero-order valence-electron chi connectivity index (χ0n) is 10.0. The number of benzene rings is 1. The fourth-order valence-corrected chi connectivity index (χ4v) is 1.64. The molecule has 0 aliphatic heterocycles. The van der Waals surface area contributed by atoms with Crippen molar-refractivity contribution in [3.63, 3.8) is 0 Å². The molecule has 0 bridgehead atoms. The highest BCUT2D eigenvalue weighted by Crippen LogP contribution is 2.22. The zero-order chi connectivity index (χ0) is 12.6. The van der Waals surface area contributed by atoms with Gasteiger partial charge in [0.05, 0.1) is 10.4 Å². The summed E-state index contributed by atoms with van der Waals surface area (Å²) in [5.74, 6) is 0. The predicted octanol–water partition coefficient (Wildman–Crippen LogP) is 2.39. The summed E-state index contributed by atoms with van der Waals surface area (Å²) in [4.78, 5) is 10.2. The Kier molecular flexibility index (Phi) is 2.57. The third-order valence-electron chi connectivity index (χ3n) is 2.33. The molecule has 1 aromatic carbocycles. The van der Waals surface area contributed by atoms with Crippen molar-refractivity contribution in [3.8, 4) is 0 Å². The Hall–Kier alpha value is -1.98. The van der Waals surface area contributed by atoms with Gasteiger partial charge in [0.1, 0.15) is 5.52 Å². The summed E-state index contributed by atoms with van der Waals surface area (Å²) < 4.78 is 1.78. The van der Waals surface area contributed by atoms with Gasteiger partial charge in [0.2, 0.25) is 0 Å². The van der Waals surface area contributed by atoms with E-state index < -0.39 is 4.92 Å². The van der Waals surface area contributed by atoms with Crippen molar-refractivity contribution in [3.05, 3.63) is 28.3 Å². The molecule has 2 aromatic rings. The van der Waals surface area contributed by atoms with Crippen LogP contribution in [0.4, 0.5) is 5.69 Å². The van der Waals surface area contributed by atoms with Crippen LogP contribution in [0.2, 0.25) is 0 Å². The summed E-state index contributed by atoms with van der Waals surface area (Å²) in [6.45, 7) is 7.03. The Bertz CT molecular complexity index is 568. The smallest absolute Gasteiger partial charge is 0.258 e. The van der Waals surface area contributed by atoms with Crippen LogP contribution in [0.1, 0.15) is 20.8 Å². The molecule has 0 saturated carbocycles. The number of hydrogen-bond donors (Lipinski definition) is 0. The van der Waals surface area contributed by atoms with Crippen LogP contribution in [-0.4, -0.2) is 19.9 Å². The van der Waals surface area contributed by atoms with Crippen molar-refractivity contribution >= 4 is 16.7 Å². The Morgan fingerprint density at radius 1 is 1.41 bits per heavy atom. The Labute approximate surface area is 98.4 Å². The number of nitro benzene ring substituents is 1. The molecule has 0 fully saturated rings. The van der Waals surface area contributed by atoms with Gasteiger partial charge >= 0.3 is 0 Å². The lowest BCUT2D eigenvalue weighted by atomic mass is 9.97. The van der Waals surface area contributed by atoms with E-state index in [-0.39, 0.29) is 11.1 Å². The van der Waals surface area contributed by atoms with E-state index in [1.54, 1.807) is 10.7 Å². The van der Waals surface area contributed by atoms with Gasteiger partial charge in [-0.15, -0.1) is 5.10 Å².